The number of hydrogen-bond donors (Lipinski definition) is 2. The van der Waals surface area contributed by atoms with Gasteiger partial charge in [0.1, 0.15) is 12.4 Å². The summed E-state index contributed by atoms with van der Waals surface area (Å²) < 4.78 is 5.80. The first kappa shape index (κ1) is 15.3. The minimum Gasteiger partial charge on any atom is -0.491 e. The maximum atomic E-state index is 10.1. The van der Waals surface area contributed by atoms with Crippen molar-refractivity contribution < 1.29 is 9.84 Å². The van der Waals surface area contributed by atoms with E-state index in [2.05, 4.69) is 6.92 Å². The lowest BCUT2D eigenvalue weighted by molar-refractivity contribution is 0.0849. The Bertz CT molecular complexity index is 402. The van der Waals surface area contributed by atoms with Gasteiger partial charge in [-0.3, -0.25) is 0 Å². The molecule has 3 N–H and O–H groups in total. The van der Waals surface area contributed by atoms with Crippen molar-refractivity contribution in [2.75, 3.05) is 6.61 Å². The van der Waals surface area contributed by atoms with E-state index in [-0.39, 0.29) is 12.1 Å². The van der Waals surface area contributed by atoms with Gasteiger partial charge in [0.25, 0.3) is 0 Å². The van der Waals surface area contributed by atoms with Crippen molar-refractivity contribution in [3.05, 3.63) is 29.8 Å². The van der Waals surface area contributed by atoms with E-state index in [1.165, 1.54) is 25.7 Å². The van der Waals surface area contributed by atoms with Crippen LogP contribution in [0.25, 0.3) is 0 Å². The molecule has 0 aromatic heterocycles. The number of rotatable bonds is 7. The van der Waals surface area contributed by atoms with E-state index in [1.807, 2.05) is 24.3 Å². The van der Waals surface area contributed by atoms with Crippen LogP contribution >= 0.6 is 0 Å². The third-order valence-electron chi connectivity index (χ3n) is 4.27. The van der Waals surface area contributed by atoms with Crippen molar-refractivity contribution in [3.8, 4) is 5.75 Å². The molecule has 0 bridgehead atoms. The Balaban J connectivity index is 1.86. The van der Waals surface area contributed by atoms with Gasteiger partial charge in [-0.1, -0.05) is 50.8 Å². The Morgan fingerprint density at radius 2 is 2.00 bits per heavy atom. The van der Waals surface area contributed by atoms with Gasteiger partial charge in [-0.15, -0.1) is 0 Å². The van der Waals surface area contributed by atoms with Crippen molar-refractivity contribution in [1.29, 1.82) is 0 Å². The molecule has 0 aliphatic heterocycles. The zero-order valence-corrected chi connectivity index (χ0v) is 12.4. The molecule has 1 aliphatic carbocycles. The Morgan fingerprint density at radius 1 is 1.30 bits per heavy atom. The summed E-state index contributed by atoms with van der Waals surface area (Å²) in [6.07, 6.45) is 6.51. The lowest BCUT2D eigenvalue weighted by atomic mass is 10.0. The smallest absolute Gasteiger partial charge is 0.124 e. The van der Waals surface area contributed by atoms with Crippen LogP contribution in [0.2, 0.25) is 0 Å². The lowest BCUT2D eigenvalue weighted by Crippen LogP contribution is -2.21. The van der Waals surface area contributed by atoms with Gasteiger partial charge < -0.3 is 15.6 Å². The second-order valence-electron chi connectivity index (χ2n) is 5.90. The second-order valence-corrected chi connectivity index (χ2v) is 5.90. The molecule has 1 saturated carbocycles. The van der Waals surface area contributed by atoms with E-state index >= 15 is 0 Å². The van der Waals surface area contributed by atoms with Crippen LogP contribution in [0.1, 0.15) is 57.1 Å². The van der Waals surface area contributed by atoms with E-state index in [4.69, 9.17) is 10.5 Å². The summed E-state index contributed by atoms with van der Waals surface area (Å²) in [5.74, 6) is 1.49. The van der Waals surface area contributed by atoms with E-state index in [9.17, 15) is 5.11 Å². The summed E-state index contributed by atoms with van der Waals surface area (Å²) in [5, 5.41) is 10.1. The molecule has 1 aromatic rings. The summed E-state index contributed by atoms with van der Waals surface area (Å²) in [5.41, 5.74) is 7.12. The lowest BCUT2D eigenvalue weighted by Gasteiger charge is -2.19. The maximum Gasteiger partial charge on any atom is 0.124 e. The van der Waals surface area contributed by atoms with E-state index in [1.54, 1.807) is 0 Å². The summed E-state index contributed by atoms with van der Waals surface area (Å²) in [7, 11) is 0. The molecule has 2 atom stereocenters. The number of benzene rings is 1. The number of aliphatic hydroxyl groups excluding tert-OH is 1. The summed E-state index contributed by atoms with van der Waals surface area (Å²) in [4.78, 5) is 0. The van der Waals surface area contributed by atoms with E-state index < -0.39 is 0 Å². The topological polar surface area (TPSA) is 55.5 Å². The zero-order chi connectivity index (χ0) is 14.4. The molecular formula is C17H27NO2. The molecule has 1 unspecified atom stereocenters. The molecule has 0 heterocycles. The Morgan fingerprint density at radius 3 is 2.70 bits per heavy atom. The van der Waals surface area contributed by atoms with Gasteiger partial charge in [0.05, 0.1) is 6.10 Å². The molecule has 1 fully saturated rings. The highest BCUT2D eigenvalue weighted by Gasteiger charge is 2.19. The normalized spacial score (nSPS) is 18.9. The molecule has 2 rings (SSSR count). The van der Waals surface area contributed by atoms with Gasteiger partial charge in [0.15, 0.2) is 0 Å². The fourth-order valence-electron chi connectivity index (χ4n) is 3.02. The molecule has 0 spiro atoms. The first-order chi connectivity index (χ1) is 9.70. The van der Waals surface area contributed by atoms with Crippen molar-refractivity contribution in [2.45, 2.75) is 57.6 Å². The molecule has 3 heteroatoms. The van der Waals surface area contributed by atoms with Gasteiger partial charge in [-0.05, 0) is 24.8 Å². The van der Waals surface area contributed by atoms with Crippen LogP contribution in [-0.2, 0) is 0 Å². The minimum atomic E-state index is -0.371. The van der Waals surface area contributed by atoms with Crippen molar-refractivity contribution in [1.82, 2.24) is 0 Å². The minimum absolute atomic E-state index is 0.00169. The molecule has 112 valence electrons. The number of aliphatic hydroxyl groups is 1. The third kappa shape index (κ3) is 4.22. The van der Waals surface area contributed by atoms with Crippen LogP contribution < -0.4 is 10.5 Å². The standard InChI is InChI=1S/C17H27NO2/c1-2-16(18)15-9-5-6-10-17(15)20-12-14(19)11-13-7-3-4-8-13/h5-6,9-10,13-14,16,19H,2-4,7-8,11-12,18H2,1H3/t14?,16-/m0/s1. The molecular weight excluding hydrogens is 250 g/mol. The SMILES string of the molecule is CC[C@H](N)c1ccccc1OCC(O)CC1CCCC1. The molecule has 0 radical (unpaired) electrons. The van der Waals surface area contributed by atoms with E-state index in [0.29, 0.717) is 12.5 Å². The summed E-state index contributed by atoms with van der Waals surface area (Å²) in [6.45, 7) is 2.43. The third-order valence-corrected chi connectivity index (χ3v) is 4.27. The Labute approximate surface area is 122 Å². The van der Waals surface area contributed by atoms with Crippen LogP contribution in [0.3, 0.4) is 0 Å². The average molecular weight is 277 g/mol. The highest BCUT2D eigenvalue weighted by Crippen LogP contribution is 2.29. The Hall–Kier alpha value is -1.06. The summed E-state index contributed by atoms with van der Waals surface area (Å²) >= 11 is 0. The van der Waals surface area contributed by atoms with Crippen LogP contribution in [-0.4, -0.2) is 17.8 Å². The Kier molecular flexibility index (Phi) is 5.86. The molecule has 1 aromatic carbocycles. The molecule has 0 amide bonds. The number of hydrogen-bond acceptors (Lipinski definition) is 3. The summed E-state index contributed by atoms with van der Waals surface area (Å²) in [6, 6.07) is 7.87. The predicted octanol–water partition coefficient (Wildman–Crippen LogP) is 3.42. The first-order valence-electron chi connectivity index (χ1n) is 7.86. The first-order valence-corrected chi connectivity index (χ1v) is 7.86. The number of ether oxygens (including phenoxy) is 1. The van der Waals surface area contributed by atoms with Gasteiger partial charge in [0.2, 0.25) is 0 Å². The van der Waals surface area contributed by atoms with Gasteiger partial charge in [-0.25, -0.2) is 0 Å². The van der Waals surface area contributed by atoms with Gasteiger partial charge >= 0.3 is 0 Å². The van der Waals surface area contributed by atoms with E-state index in [0.717, 1.165) is 24.2 Å². The van der Waals surface area contributed by atoms with Gasteiger partial charge in [-0.2, -0.15) is 0 Å². The molecule has 3 nitrogen and oxygen atoms in total. The predicted molar refractivity (Wildman–Crippen MR) is 81.7 cm³/mol. The van der Waals surface area contributed by atoms with Gasteiger partial charge in [0, 0.05) is 11.6 Å². The van der Waals surface area contributed by atoms with Crippen molar-refractivity contribution >= 4 is 0 Å². The highest BCUT2D eigenvalue weighted by atomic mass is 16.5. The number of para-hydroxylation sites is 1. The largest absolute Gasteiger partial charge is 0.491 e. The number of nitrogens with two attached hydrogens (primary N) is 1. The fraction of sp³-hybridized carbons (Fsp3) is 0.647. The fourth-order valence-corrected chi connectivity index (χ4v) is 3.02. The maximum absolute atomic E-state index is 10.1. The van der Waals surface area contributed by atoms with Crippen LogP contribution in [0.15, 0.2) is 24.3 Å². The molecule has 1 aliphatic rings. The monoisotopic (exact) mass is 277 g/mol. The van der Waals surface area contributed by atoms with Crippen LogP contribution in [0, 0.1) is 5.92 Å². The van der Waals surface area contributed by atoms with Crippen molar-refractivity contribution in [2.24, 2.45) is 11.7 Å². The molecule has 20 heavy (non-hydrogen) atoms. The second kappa shape index (κ2) is 7.65. The van der Waals surface area contributed by atoms with Crippen LogP contribution in [0.4, 0.5) is 0 Å². The molecule has 0 saturated heterocycles. The highest BCUT2D eigenvalue weighted by molar-refractivity contribution is 5.35. The van der Waals surface area contributed by atoms with Crippen molar-refractivity contribution in [3.63, 3.8) is 0 Å². The average Bonchev–Trinajstić information content (AvgIpc) is 2.97. The quantitative estimate of drug-likeness (QED) is 0.803. The van der Waals surface area contributed by atoms with Crippen LogP contribution in [0.5, 0.6) is 5.75 Å². The zero-order valence-electron chi connectivity index (χ0n) is 12.4.